The number of hydrogen-bond donors (Lipinski definition) is 0. The SMILES string of the molecule is Cc1ccc(C(=O)CSc2nnc(C(C)C)n2Cc2ccco2)c(C)c1. The Morgan fingerprint density at radius 2 is 2.04 bits per heavy atom. The van der Waals surface area contributed by atoms with Crippen molar-refractivity contribution >= 4 is 17.5 Å². The van der Waals surface area contributed by atoms with Crippen LogP contribution >= 0.6 is 11.8 Å². The highest BCUT2D eigenvalue weighted by Crippen LogP contribution is 2.24. The minimum absolute atomic E-state index is 0.103. The number of thioether (sulfide) groups is 1. The molecule has 0 fully saturated rings. The van der Waals surface area contributed by atoms with Gasteiger partial charge >= 0.3 is 0 Å². The van der Waals surface area contributed by atoms with E-state index in [1.54, 1.807) is 6.26 Å². The summed E-state index contributed by atoms with van der Waals surface area (Å²) in [6.07, 6.45) is 1.66. The molecule has 0 aliphatic rings. The van der Waals surface area contributed by atoms with Crippen molar-refractivity contribution in [3.8, 4) is 0 Å². The first kappa shape index (κ1) is 18.5. The summed E-state index contributed by atoms with van der Waals surface area (Å²) in [5, 5.41) is 9.36. The van der Waals surface area contributed by atoms with Gasteiger partial charge in [-0.3, -0.25) is 9.36 Å². The summed E-state index contributed by atoms with van der Waals surface area (Å²) in [4.78, 5) is 12.6. The van der Waals surface area contributed by atoms with E-state index in [0.29, 0.717) is 12.3 Å². The van der Waals surface area contributed by atoms with Crippen LogP contribution in [0.15, 0.2) is 46.2 Å². The number of Topliss-reactive ketones (excluding diaryl/α,β-unsaturated/α-hetero) is 1. The lowest BCUT2D eigenvalue weighted by Crippen LogP contribution is -2.09. The molecule has 6 heteroatoms. The molecule has 0 N–H and O–H groups in total. The summed E-state index contributed by atoms with van der Waals surface area (Å²) in [6.45, 7) is 8.73. The first-order chi connectivity index (χ1) is 12.5. The molecular formula is C20H23N3O2S. The fourth-order valence-electron chi connectivity index (χ4n) is 2.88. The summed E-state index contributed by atoms with van der Waals surface area (Å²) in [7, 11) is 0. The fourth-order valence-corrected chi connectivity index (χ4v) is 3.70. The molecule has 0 saturated heterocycles. The van der Waals surface area contributed by atoms with Gasteiger partial charge in [0.15, 0.2) is 10.9 Å². The van der Waals surface area contributed by atoms with Crippen molar-refractivity contribution in [2.24, 2.45) is 0 Å². The highest BCUT2D eigenvalue weighted by Gasteiger charge is 2.18. The van der Waals surface area contributed by atoms with Crippen LogP contribution < -0.4 is 0 Å². The van der Waals surface area contributed by atoms with Crippen molar-refractivity contribution in [1.29, 1.82) is 0 Å². The number of carbonyl (C=O) groups excluding carboxylic acids is 1. The number of nitrogens with zero attached hydrogens (tertiary/aromatic N) is 3. The zero-order valence-electron chi connectivity index (χ0n) is 15.5. The third-order valence-electron chi connectivity index (χ3n) is 4.17. The molecule has 136 valence electrons. The van der Waals surface area contributed by atoms with Crippen LogP contribution in [0.5, 0.6) is 0 Å². The molecule has 0 aliphatic carbocycles. The average molecular weight is 369 g/mol. The Labute approximate surface area is 157 Å². The lowest BCUT2D eigenvalue weighted by atomic mass is 10.0. The largest absolute Gasteiger partial charge is 0.467 e. The summed E-state index contributed by atoms with van der Waals surface area (Å²) in [5.74, 6) is 2.41. The highest BCUT2D eigenvalue weighted by molar-refractivity contribution is 7.99. The van der Waals surface area contributed by atoms with Crippen molar-refractivity contribution in [2.45, 2.75) is 45.3 Å². The molecule has 1 aromatic carbocycles. The van der Waals surface area contributed by atoms with E-state index in [4.69, 9.17) is 4.42 Å². The van der Waals surface area contributed by atoms with Gasteiger partial charge in [-0.2, -0.15) is 0 Å². The molecule has 0 bridgehead atoms. The van der Waals surface area contributed by atoms with Gasteiger partial charge in [-0.1, -0.05) is 49.4 Å². The van der Waals surface area contributed by atoms with Crippen LogP contribution in [0.3, 0.4) is 0 Å². The Kier molecular flexibility index (Phi) is 5.61. The molecule has 0 saturated carbocycles. The molecule has 5 nitrogen and oxygen atoms in total. The maximum absolute atomic E-state index is 12.6. The second-order valence-corrected chi connectivity index (χ2v) is 7.63. The normalized spacial score (nSPS) is 11.3. The van der Waals surface area contributed by atoms with E-state index in [-0.39, 0.29) is 11.7 Å². The van der Waals surface area contributed by atoms with Crippen LogP contribution in [0.25, 0.3) is 0 Å². The minimum atomic E-state index is 0.103. The van der Waals surface area contributed by atoms with Crippen LogP contribution in [-0.2, 0) is 6.54 Å². The summed E-state index contributed by atoms with van der Waals surface area (Å²) in [6, 6.07) is 9.71. The molecule has 2 aromatic heterocycles. The van der Waals surface area contributed by atoms with E-state index in [1.807, 2.05) is 48.7 Å². The first-order valence-corrected chi connectivity index (χ1v) is 9.63. The Balaban J connectivity index is 1.78. The third-order valence-corrected chi connectivity index (χ3v) is 5.14. The zero-order valence-corrected chi connectivity index (χ0v) is 16.3. The number of hydrogen-bond acceptors (Lipinski definition) is 5. The smallest absolute Gasteiger partial charge is 0.192 e. The summed E-state index contributed by atoms with van der Waals surface area (Å²) < 4.78 is 7.50. The van der Waals surface area contributed by atoms with Gasteiger partial charge in [-0.25, -0.2) is 0 Å². The summed E-state index contributed by atoms with van der Waals surface area (Å²) in [5.41, 5.74) is 2.94. The summed E-state index contributed by atoms with van der Waals surface area (Å²) >= 11 is 1.42. The Bertz CT molecular complexity index is 898. The van der Waals surface area contributed by atoms with Crippen LogP contribution in [0, 0.1) is 13.8 Å². The van der Waals surface area contributed by atoms with Crippen LogP contribution in [0.1, 0.15) is 52.8 Å². The predicted octanol–water partition coefficient (Wildman–Crippen LogP) is 4.63. The van der Waals surface area contributed by atoms with E-state index in [1.165, 1.54) is 11.8 Å². The standard InChI is InChI=1S/C20H23N3O2S/c1-13(2)19-21-22-20(23(19)11-16-6-5-9-25-16)26-12-18(24)17-8-7-14(3)10-15(17)4/h5-10,13H,11-12H2,1-4H3. The van der Waals surface area contributed by atoms with E-state index >= 15 is 0 Å². The van der Waals surface area contributed by atoms with Gasteiger partial charge in [0.05, 0.1) is 18.6 Å². The van der Waals surface area contributed by atoms with Gasteiger partial charge in [0.25, 0.3) is 0 Å². The Morgan fingerprint density at radius 1 is 1.23 bits per heavy atom. The molecule has 0 spiro atoms. The fraction of sp³-hybridized carbons (Fsp3) is 0.350. The predicted molar refractivity (Wildman–Crippen MR) is 103 cm³/mol. The van der Waals surface area contributed by atoms with Gasteiger partial charge in [-0.15, -0.1) is 10.2 Å². The highest BCUT2D eigenvalue weighted by atomic mass is 32.2. The van der Waals surface area contributed by atoms with Crippen molar-refractivity contribution in [1.82, 2.24) is 14.8 Å². The van der Waals surface area contributed by atoms with Crippen molar-refractivity contribution in [3.63, 3.8) is 0 Å². The monoisotopic (exact) mass is 369 g/mol. The molecule has 0 unspecified atom stereocenters. The van der Waals surface area contributed by atoms with Gasteiger partial charge in [-0.05, 0) is 31.5 Å². The minimum Gasteiger partial charge on any atom is -0.467 e. The van der Waals surface area contributed by atoms with E-state index in [2.05, 4.69) is 24.0 Å². The number of rotatable bonds is 7. The van der Waals surface area contributed by atoms with E-state index in [9.17, 15) is 4.79 Å². The van der Waals surface area contributed by atoms with Gasteiger partial charge in [0.1, 0.15) is 11.6 Å². The number of aryl methyl sites for hydroxylation is 2. The van der Waals surface area contributed by atoms with Crippen molar-refractivity contribution in [3.05, 3.63) is 64.9 Å². The van der Waals surface area contributed by atoms with Gasteiger partial charge in [0.2, 0.25) is 0 Å². The second kappa shape index (κ2) is 7.91. The number of carbonyl (C=O) groups is 1. The maximum atomic E-state index is 12.6. The van der Waals surface area contributed by atoms with Crippen molar-refractivity contribution in [2.75, 3.05) is 5.75 Å². The van der Waals surface area contributed by atoms with E-state index < -0.39 is 0 Å². The quantitative estimate of drug-likeness (QED) is 0.449. The van der Waals surface area contributed by atoms with Crippen LogP contribution in [0.4, 0.5) is 0 Å². The molecule has 3 aromatic rings. The molecular weight excluding hydrogens is 346 g/mol. The lowest BCUT2D eigenvalue weighted by molar-refractivity contribution is 0.102. The first-order valence-electron chi connectivity index (χ1n) is 8.64. The topological polar surface area (TPSA) is 60.9 Å². The molecule has 0 aliphatic heterocycles. The molecule has 0 radical (unpaired) electrons. The molecule has 3 rings (SSSR count). The van der Waals surface area contributed by atoms with E-state index in [0.717, 1.165) is 33.4 Å². The molecule has 26 heavy (non-hydrogen) atoms. The molecule has 2 heterocycles. The number of furan rings is 1. The second-order valence-electron chi connectivity index (χ2n) is 6.69. The number of benzene rings is 1. The van der Waals surface area contributed by atoms with Crippen molar-refractivity contribution < 1.29 is 9.21 Å². The molecule has 0 atom stereocenters. The Hall–Kier alpha value is -2.34. The maximum Gasteiger partial charge on any atom is 0.192 e. The Morgan fingerprint density at radius 3 is 2.69 bits per heavy atom. The molecule has 0 amide bonds. The third kappa shape index (κ3) is 4.07. The van der Waals surface area contributed by atoms with Crippen LogP contribution in [0.2, 0.25) is 0 Å². The number of ketones is 1. The van der Waals surface area contributed by atoms with Gasteiger partial charge in [0, 0.05) is 11.5 Å². The average Bonchev–Trinajstić information content (AvgIpc) is 3.23. The zero-order chi connectivity index (χ0) is 18.7. The van der Waals surface area contributed by atoms with Gasteiger partial charge < -0.3 is 4.42 Å². The van der Waals surface area contributed by atoms with Crippen LogP contribution in [-0.4, -0.2) is 26.3 Å². The number of aromatic nitrogens is 3. The lowest BCUT2D eigenvalue weighted by Gasteiger charge is -2.11.